The Labute approximate surface area is 141 Å². The molecule has 0 unspecified atom stereocenters. The Hall–Kier alpha value is -3.14. The molecule has 0 aliphatic heterocycles. The van der Waals surface area contributed by atoms with Crippen LogP contribution in [0.5, 0.6) is 0 Å². The van der Waals surface area contributed by atoms with E-state index in [1.807, 2.05) is 12.1 Å². The highest BCUT2D eigenvalue weighted by Gasteiger charge is 2.06. The van der Waals surface area contributed by atoms with Crippen molar-refractivity contribution in [3.05, 3.63) is 96.6 Å². The molecule has 0 fully saturated rings. The first kappa shape index (κ1) is 18.9. The molecule has 4 heteroatoms. The predicted molar refractivity (Wildman–Crippen MR) is 94.2 cm³/mol. The van der Waals surface area contributed by atoms with Crippen molar-refractivity contribution in [2.75, 3.05) is 6.61 Å². The van der Waals surface area contributed by atoms with Gasteiger partial charge in [0, 0.05) is 0 Å². The van der Waals surface area contributed by atoms with Gasteiger partial charge >= 0.3 is 11.9 Å². The van der Waals surface area contributed by atoms with Crippen LogP contribution in [0.4, 0.5) is 0 Å². The van der Waals surface area contributed by atoms with Gasteiger partial charge in [0.2, 0.25) is 0 Å². The van der Waals surface area contributed by atoms with E-state index in [0.29, 0.717) is 17.5 Å². The van der Waals surface area contributed by atoms with Gasteiger partial charge in [0.1, 0.15) is 6.61 Å². The standard InChI is InChI=1S/2C10H10O2/c1-2-8-12-10(11)9-6-4-3-5-7-9;1-2-5-8-6-3-4-7-9(8)10(11)12/h2-7H,1,8H2;2-4,6-7H,1,5H2,(H,11,12). The second kappa shape index (κ2) is 10.6. The summed E-state index contributed by atoms with van der Waals surface area (Å²) in [5.41, 5.74) is 1.73. The first-order valence-corrected chi connectivity index (χ1v) is 7.35. The second-order valence-corrected chi connectivity index (χ2v) is 4.71. The van der Waals surface area contributed by atoms with Crippen LogP contribution in [0.2, 0.25) is 0 Å². The zero-order chi connectivity index (χ0) is 17.8. The maximum Gasteiger partial charge on any atom is 0.338 e. The molecule has 2 aromatic carbocycles. The molecule has 0 aromatic heterocycles. The van der Waals surface area contributed by atoms with Crippen molar-refractivity contribution in [2.45, 2.75) is 6.42 Å². The lowest BCUT2D eigenvalue weighted by Crippen LogP contribution is -2.04. The van der Waals surface area contributed by atoms with Gasteiger partial charge in [0.15, 0.2) is 0 Å². The molecule has 0 aliphatic carbocycles. The third kappa shape index (κ3) is 6.32. The largest absolute Gasteiger partial charge is 0.478 e. The van der Waals surface area contributed by atoms with Crippen LogP contribution in [-0.2, 0) is 11.2 Å². The molecule has 124 valence electrons. The van der Waals surface area contributed by atoms with E-state index in [-0.39, 0.29) is 12.6 Å². The summed E-state index contributed by atoms with van der Waals surface area (Å²) in [7, 11) is 0. The molecule has 0 saturated heterocycles. The minimum absolute atomic E-state index is 0.258. The van der Waals surface area contributed by atoms with Gasteiger partial charge in [-0.1, -0.05) is 55.1 Å². The SMILES string of the molecule is C=CCOC(=O)c1ccccc1.C=CCc1ccccc1C(=O)O. The molecule has 0 bridgehead atoms. The third-order valence-electron chi connectivity index (χ3n) is 2.95. The number of rotatable bonds is 6. The van der Waals surface area contributed by atoms with Crippen LogP contribution in [0.15, 0.2) is 79.9 Å². The van der Waals surface area contributed by atoms with Gasteiger partial charge in [-0.05, 0) is 30.2 Å². The number of allylic oxidation sites excluding steroid dienone is 1. The number of carbonyl (C=O) groups excluding carboxylic acids is 1. The van der Waals surface area contributed by atoms with Crippen LogP contribution in [0, 0.1) is 0 Å². The van der Waals surface area contributed by atoms with E-state index in [1.54, 1.807) is 54.6 Å². The monoisotopic (exact) mass is 324 g/mol. The van der Waals surface area contributed by atoms with E-state index in [4.69, 9.17) is 9.84 Å². The Morgan fingerprint density at radius 3 is 2.17 bits per heavy atom. The maximum absolute atomic E-state index is 11.1. The molecule has 0 aliphatic rings. The Morgan fingerprint density at radius 2 is 1.58 bits per heavy atom. The molecule has 1 N–H and O–H groups in total. The number of carbonyl (C=O) groups is 2. The van der Waals surface area contributed by atoms with Crippen molar-refractivity contribution >= 4 is 11.9 Å². The Kier molecular flexibility index (Phi) is 8.32. The first-order valence-electron chi connectivity index (χ1n) is 7.35. The number of esters is 1. The van der Waals surface area contributed by atoms with Gasteiger partial charge in [-0.2, -0.15) is 0 Å². The van der Waals surface area contributed by atoms with E-state index < -0.39 is 5.97 Å². The van der Waals surface area contributed by atoms with Crippen LogP contribution < -0.4 is 0 Å². The third-order valence-corrected chi connectivity index (χ3v) is 2.95. The average Bonchev–Trinajstić information content (AvgIpc) is 2.61. The fraction of sp³-hybridized carbons (Fsp3) is 0.100. The van der Waals surface area contributed by atoms with Crippen molar-refractivity contribution in [1.82, 2.24) is 0 Å². The summed E-state index contributed by atoms with van der Waals surface area (Å²) in [6.45, 7) is 7.27. The second-order valence-electron chi connectivity index (χ2n) is 4.71. The number of hydrogen-bond donors (Lipinski definition) is 1. The first-order chi connectivity index (χ1) is 11.6. The molecule has 0 heterocycles. The van der Waals surface area contributed by atoms with Gasteiger partial charge in [-0.15, -0.1) is 6.58 Å². The molecular weight excluding hydrogens is 304 g/mol. The lowest BCUT2D eigenvalue weighted by molar-refractivity contribution is 0.0549. The summed E-state index contributed by atoms with van der Waals surface area (Å²) in [5.74, 6) is -1.19. The van der Waals surface area contributed by atoms with Crippen LogP contribution in [0.1, 0.15) is 26.3 Å². The molecule has 0 spiro atoms. The van der Waals surface area contributed by atoms with Gasteiger partial charge in [0.25, 0.3) is 0 Å². The summed E-state index contributed by atoms with van der Waals surface area (Å²) in [6, 6.07) is 15.8. The van der Waals surface area contributed by atoms with E-state index in [0.717, 1.165) is 5.56 Å². The van der Waals surface area contributed by atoms with Gasteiger partial charge in [-0.3, -0.25) is 0 Å². The molecule has 24 heavy (non-hydrogen) atoms. The summed E-state index contributed by atoms with van der Waals surface area (Å²) in [6.07, 6.45) is 3.84. The molecule has 2 aromatic rings. The number of aromatic carboxylic acids is 1. The quantitative estimate of drug-likeness (QED) is 0.640. The number of carboxylic acids is 1. The molecule has 2 rings (SSSR count). The highest BCUT2D eigenvalue weighted by Crippen LogP contribution is 2.09. The van der Waals surface area contributed by atoms with E-state index in [9.17, 15) is 9.59 Å². The normalized spacial score (nSPS) is 9.17. The van der Waals surface area contributed by atoms with Crippen LogP contribution in [0.25, 0.3) is 0 Å². The molecule has 0 atom stereocenters. The Morgan fingerprint density at radius 1 is 0.958 bits per heavy atom. The highest BCUT2D eigenvalue weighted by atomic mass is 16.5. The van der Waals surface area contributed by atoms with Crippen molar-refractivity contribution < 1.29 is 19.4 Å². The zero-order valence-corrected chi connectivity index (χ0v) is 13.4. The van der Waals surface area contributed by atoms with E-state index in [1.165, 1.54) is 0 Å². The lowest BCUT2D eigenvalue weighted by Gasteiger charge is -2.00. The fourth-order valence-corrected chi connectivity index (χ4v) is 1.85. The van der Waals surface area contributed by atoms with Gasteiger partial charge < -0.3 is 9.84 Å². The molecule has 0 amide bonds. The van der Waals surface area contributed by atoms with Gasteiger partial charge in [-0.25, -0.2) is 9.59 Å². The minimum Gasteiger partial charge on any atom is -0.478 e. The van der Waals surface area contributed by atoms with Crippen LogP contribution >= 0.6 is 0 Å². The van der Waals surface area contributed by atoms with E-state index >= 15 is 0 Å². The number of hydrogen-bond acceptors (Lipinski definition) is 3. The average molecular weight is 324 g/mol. The minimum atomic E-state index is -0.882. The van der Waals surface area contributed by atoms with Crippen molar-refractivity contribution in [1.29, 1.82) is 0 Å². The topological polar surface area (TPSA) is 63.6 Å². The Balaban J connectivity index is 0.000000240. The van der Waals surface area contributed by atoms with Crippen molar-refractivity contribution in [2.24, 2.45) is 0 Å². The maximum atomic E-state index is 11.1. The van der Waals surface area contributed by atoms with Crippen molar-refractivity contribution in [3.63, 3.8) is 0 Å². The highest BCUT2D eigenvalue weighted by molar-refractivity contribution is 5.89. The number of ether oxygens (including phenoxy) is 1. The molecule has 0 saturated carbocycles. The van der Waals surface area contributed by atoms with Crippen molar-refractivity contribution in [3.8, 4) is 0 Å². The number of benzene rings is 2. The number of carboxylic acid groups (broad SMARTS) is 1. The zero-order valence-electron chi connectivity index (χ0n) is 13.4. The summed E-state index contributed by atoms with van der Waals surface area (Å²) in [4.78, 5) is 21.8. The van der Waals surface area contributed by atoms with E-state index in [2.05, 4.69) is 13.2 Å². The van der Waals surface area contributed by atoms with Crippen LogP contribution in [-0.4, -0.2) is 23.7 Å². The molecule has 4 nitrogen and oxygen atoms in total. The molecular formula is C20H20O4. The van der Waals surface area contributed by atoms with Gasteiger partial charge in [0.05, 0.1) is 11.1 Å². The summed E-state index contributed by atoms with van der Waals surface area (Å²) < 4.78 is 4.82. The summed E-state index contributed by atoms with van der Waals surface area (Å²) >= 11 is 0. The smallest absolute Gasteiger partial charge is 0.338 e. The van der Waals surface area contributed by atoms with Crippen LogP contribution in [0.3, 0.4) is 0 Å². The lowest BCUT2D eigenvalue weighted by atomic mass is 10.1. The predicted octanol–water partition coefficient (Wildman–Crippen LogP) is 4.14. The molecule has 0 radical (unpaired) electrons. The summed E-state index contributed by atoms with van der Waals surface area (Å²) in [5, 5.41) is 8.76. The Bertz CT molecular complexity index is 690. The fourth-order valence-electron chi connectivity index (χ4n) is 1.85.